The lowest BCUT2D eigenvalue weighted by atomic mass is 9.84. The molecule has 2 rings (SSSR count). The molecule has 0 amide bonds. The number of hydrogen-bond acceptors (Lipinski definition) is 3. The lowest BCUT2D eigenvalue weighted by Gasteiger charge is -2.25. The normalized spacial score (nSPS) is 29.1. The highest BCUT2D eigenvalue weighted by atomic mass is 35.5. The van der Waals surface area contributed by atoms with E-state index < -0.39 is 5.97 Å². The Morgan fingerprint density at radius 2 is 1.82 bits per heavy atom. The van der Waals surface area contributed by atoms with Crippen molar-refractivity contribution in [3.63, 3.8) is 0 Å². The number of aliphatic hydroxyl groups excluding tert-OH is 2. The lowest BCUT2D eigenvalue weighted by Crippen LogP contribution is -2.24. The number of unbranched alkanes of at least 4 members (excludes halogenated alkanes) is 3. The summed E-state index contributed by atoms with van der Waals surface area (Å²) in [4.78, 5) is 10.6. The Labute approximate surface area is 175 Å². The number of rotatable bonds is 13. The van der Waals surface area contributed by atoms with Crippen LogP contribution in [0.2, 0.25) is 0 Å². The minimum absolute atomic E-state index is 0.0264. The topological polar surface area (TPSA) is 77.8 Å². The van der Waals surface area contributed by atoms with Gasteiger partial charge < -0.3 is 15.3 Å². The van der Waals surface area contributed by atoms with Crippen LogP contribution in [-0.2, 0) is 4.79 Å². The summed E-state index contributed by atoms with van der Waals surface area (Å²) >= 11 is 6.53. The quantitative estimate of drug-likeness (QED) is 0.232. The van der Waals surface area contributed by atoms with E-state index in [1.807, 2.05) is 6.92 Å². The van der Waals surface area contributed by atoms with E-state index in [1.165, 1.54) is 0 Å². The molecule has 2 aliphatic carbocycles. The monoisotopic (exact) mass is 412 g/mol. The van der Waals surface area contributed by atoms with E-state index in [9.17, 15) is 15.0 Å². The lowest BCUT2D eigenvalue weighted by molar-refractivity contribution is -0.137. The van der Waals surface area contributed by atoms with Crippen molar-refractivity contribution < 1.29 is 20.1 Å². The number of carbonyl (C=O) groups is 1. The van der Waals surface area contributed by atoms with Gasteiger partial charge in [0.1, 0.15) is 0 Å². The molecule has 5 atom stereocenters. The fourth-order valence-corrected chi connectivity index (χ4v) is 5.35. The van der Waals surface area contributed by atoms with Gasteiger partial charge in [0, 0.05) is 23.6 Å². The summed E-state index contributed by atoms with van der Waals surface area (Å²) in [6, 6.07) is 0. The van der Waals surface area contributed by atoms with Crippen molar-refractivity contribution in [2.45, 2.75) is 108 Å². The van der Waals surface area contributed by atoms with Gasteiger partial charge in [-0.1, -0.05) is 25.7 Å². The van der Waals surface area contributed by atoms with Crippen molar-refractivity contribution in [3.8, 4) is 11.8 Å². The van der Waals surface area contributed by atoms with Gasteiger partial charge in [-0.25, -0.2) is 0 Å². The second kappa shape index (κ2) is 11.4. The molecule has 160 valence electrons. The summed E-state index contributed by atoms with van der Waals surface area (Å²) in [6.07, 6.45) is 10.6. The van der Waals surface area contributed by atoms with Crippen LogP contribution in [0.1, 0.15) is 90.4 Å². The predicted octanol–water partition coefficient (Wildman–Crippen LogP) is 4.74. The average Bonchev–Trinajstić information content (AvgIpc) is 3.39. The third-order valence-electron chi connectivity index (χ3n) is 6.88. The third-order valence-corrected chi connectivity index (χ3v) is 7.39. The molecular weight excluding hydrogens is 376 g/mol. The maximum absolute atomic E-state index is 10.6. The second-order valence-corrected chi connectivity index (χ2v) is 9.47. The number of carboxylic acids is 1. The van der Waals surface area contributed by atoms with Crippen LogP contribution in [0, 0.1) is 29.1 Å². The molecule has 0 saturated heterocycles. The van der Waals surface area contributed by atoms with Crippen molar-refractivity contribution in [2.75, 3.05) is 0 Å². The predicted molar refractivity (Wildman–Crippen MR) is 112 cm³/mol. The first-order chi connectivity index (χ1) is 13.4. The van der Waals surface area contributed by atoms with Gasteiger partial charge in [0.15, 0.2) is 0 Å². The zero-order chi connectivity index (χ0) is 20.6. The minimum Gasteiger partial charge on any atom is -0.481 e. The van der Waals surface area contributed by atoms with Crippen LogP contribution in [0.25, 0.3) is 0 Å². The molecule has 28 heavy (non-hydrogen) atoms. The Balaban J connectivity index is 1.70. The first-order valence-electron chi connectivity index (χ1n) is 11.0. The molecule has 3 N–H and O–H groups in total. The molecule has 0 heterocycles. The first kappa shape index (κ1) is 23.5. The van der Waals surface area contributed by atoms with E-state index in [2.05, 4.69) is 11.8 Å². The summed E-state index contributed by atoms with van der Waals surface area (Å²) in [5.74, 6) is 5.89. The van der Waals surface area contributed by atoms with Crippen LogP contribution in [0.5, 0.6) is 0 Å². The summed E-state index contributed by atoms with van der Waals surface area (Å²) in [5.41, 5.74) is 0.0294. The van der Waals surface area contributed by atoms with Crippen molar-refractivity contribution in [1.29, 1.82) is 0 Å². The Bertz CT molecular complexity index is 549. The van der Waals surface area contributed by atoms with Gasteiger partial charge >= 0.3 is 5.97 Å². The van der Waals surface area contributed by atoms with Gasteiger partial charge in [0.2, 0.25) is 0 Å². The van der Waals surface area contributed by atoms with E-state index in [0.29, 0.717) is 12.3 Å². The average molecular weight is 413 g/mol. The fraction of sp³-hybridized carbons (Fsp3) is 0.870. The standard InChI is InChI=1S/C23H37ClO4/c1-2-3-13-23(14-15-23)21(26)11-8-10-18-17(19(24)16-20(18)25)9-6-4-5-7-12-22(27)28/h17-21,25-26H,4-16H2,1H3,(H,27,28)/t17-,18-,19-,20-,21?/m1/s1. The molecule has 0 spiro atoms. The maximum Gasteiger partial charge on any atom is 0.303 e. The summed E-state index contributed by atoms with van der Waals surface area (Å²) in [5, 5.41) is 29.8. The molecule has 0 bridgehead atoms. The van der Waals surface area contributed by atoms with Crippen LogP contribution in [-0.4, -0.2) is 38.9 Å². The Morgan fingerprint density at radius 1 is 1.14 bits per heavy atom. The molecule has 0 aliphatic heterocycles. The van der Waals surface area contributed by atoms with Gasteiger partial charge in [-0.05, 0) is 63.7 Å². The molecule has 0 aromatic heterocycles. The second-order valence-electron chi connectivity index (χ2n) is 8.91. The van der Waals surface area contributed by atoms with Crippen LogP contribution in [0.4, 0.5) is 0 Å². The van der Waals surface area contributed by atoms with Gasteiger partial charge in [0.05, 0.1) is 12.2 Å². The summed E-state index contributed by atoms with van der Waals surface area (Å²) in [6.45, 7) is 1.85. The van der Waals surface area contributed by atoms with Crippen molar-refractivity contribution in [3.05, 3.63) is 0 Å². The molecule has 2 aliphatic rings. The van der Waals surface area contributed by atoms with Crippen molar-refractivity contribution in [1.82, 2.24) is 0 Å². The minimum atomic E-state index is -0.725. The SMILES string of the molecule is CC#CCC1(C(O)CCC[C@@H]2[C@@H](CCCCCCC(=O)O)[C@H](Cl)C[C@H]2O)CC1. The van der Waals surface area contributed by atoms with Gasteiger partial charge in [-0.15, -0.1) is 23.4 Å². The van der Waals surface area contributed by atoms with E-state index in [1.54, 1.807) is 0 Å². The van der Waals surface area contributed by atoms with E-state index in [-0.39, 0.29) is 35.3 Å². The smallest absolute Gasteiger partial charge is 0.303 e. The Hall–Kier alpha value is -0.760. The molecule has 0 aromatic rings. The van der Waals surface area contributed by atoms with E-state index >= 15 is 0 Å². The van der Waals surface area contributed by atoms with Crippen molar-refractivity contribution in [2.24, 2.45) is 17.3 Å². The molecule has 0 radical (unpaired) electrons. The van der Waals surface area contributed by atoms with Gasteiger partial charge in [-0.2, -0.15) is 0 Å². The molecule has 4 nitrogen and oxygen atoms in total. The highest BCUT2D eigenvalue weighted by Crippen LogP contribution is 2.53. The number of halogens is 1. The molecule has 1 unspecified atom stereocenters. The zero-order valence-corrected chi connectivity index (χ0v) is 18.0. The molecule has 5 heteroatoms. The molecule has 2 fully saturated rings. The Kier molecular flexibility index (Phi) is 9.60. The zero-order valence-electron chi connectivity index (χ0n) is 17.2. The molecule has 2 saturated carbocycles. The van der Waals surface area contributed by atoms with Gasteiger partial charge in [0.25, 0.3) is 0 Å². The van der Waals surface area contributed by atoms with Crippen molar-refractivity contribution >= 4 is 17.6 Å². The van der Waals surface area contributed by atoms with E-state index in [0.717, 1.165) is 70.6 Å². The van der Waals surface area contributed by atoms with Crippen LogP contribution >= 0.6 is 11.6 Å². The largest absolute Gasteiger partial charge is 0.481 e. The molecular formula is C23H37ClO4. The third kappa shape index (κ3) is 6.94. The summed E-state index contributed by atoms with van der Waals surface area (Å²) in [7, 11) is 0. The molecule has 0 aromatic carbocycles. The van der Waals surface area contributed by atoms with Gasteiger partial charge in [-0.3, -0.25) is 4.79 Å². The summed E-state index contributed by atoms with van der Waals surface area (Å²) < 4.78 is 0. The number of aliphatic hydroxyl groups is 2. The van der Waals surface area contributed by atoms with Crippen LogP contribution in [0.3, 0.4) is 0 Å². The van der Waals surface area contributed by atoms with Crippen LogP contribution in [0.15, 0.2) is 0 Å². The fourth-order valence-electron chi connectivity index (χ4n) is 4.85. The first-order valence-corrected chi connectivity index (χ1v) is 11.4. The van der Waals surface area contributed by atoms with Crippen LogP contribution < -0.4 is 0 Å². The highest BCUT2D eigenvalue weighted by molar-refractivity contribution is 6.21. The number of aliphatic carboxylic acids is 1. The number of alkyl halides is 1. The Morgan fingerprint density at radius 3 is 2.46 bits per heavy atom. The number of hydrogen-bond donors (Lipinski definition) is 3. The maximum atomic E-state index is 10.6. The van der Waals surface area contributed by atoms with E-state index in [4.69, 9.17) is 16.7 Å². The number of carboxylic acid groups (broad SMARTS) is 1. The highest BCUT2D eigenvalue weighted by Gasteiger charge is 2.48.